The normalized spacial score (nSPS) is 10.6. The zero-order valence-electron chi connectivity index (χ0n) is 16.5. The number of hydrogen-bond acceptors (Lipinski definition) is 5. The summed E-state index contributed by atoms with van der Waals surface area (Å²) in [7, 11) is 3.05. The highest BCUT2D eigenvalue weighted by Crippen LogP contribution is 2.25. The lowest BCUT2D eigenvalue weighted by Crippen LogP contribution is -2.20. The number of nitrogens with one attached hydrogen (secondary N) is 2. The Kier molecular flexibility index (Phi) is 6.73. The van der Waals surface area contributed by atoms with Gasteiger partial charge in [-0.05, 0) is 24.5 Å². The minimum atomic E-state index is -0.426. The Morgan fingerprint density at radius 3 is 2.48 bits per heavy atom. The number of fused-ring (bicyclic) bond motifs is 1. The van der Waals surface area contributed by atoms with E-state index in [9.17, 15) is 9.59 Å². The minimum absolute atomic E-state index is 0.250. The Bertz CT molecular complexity index is 974. The van der Waals surface area contributed by atoms with E-state index in [1.165, 1.54) is 14.2 Å². The van der Waals surface area contributed by atoms with Crippen molar-refractivity contribution in [3.63, 3.8) is 0 Å². The second kappa shape index (κ2) is 9.64. The Morgan fingerprint density at radius 2 is 1.76 bits per heavy atom. The summed E-state index contributed by atoms with van der Waals surface area (Å²) in [5.41, 5.74) is 2.75. The fourth-order valence-corrected chi connectivity index (χ4v) is 3.06. The van der Waals surface area contributed by atoms with E-state index >= 15 is 0 Å². The number of anilines is 1. The van der Waals surface area contributed by atoms with Crippen molar-refractivity contribution in [1.82, 2.24) is 4.98 Å². The standard InChI is InChI=1S/C22H24N2O5/c1-27-17-10-16(11-18(12-17)28-2)24-21(25)14-29-22(26)9-5-6-15-13-23-20-8-4-3-7-19(15)20/h3-4,7-8,10-13,23H,5-6,9,14H2,1-2H3,(H,24,25). The Labute approximate surface area is 169 Å². The molecule has 0 radical (unpaired) electrons. The van der Waals surface area contributed by atoms with Crippen LogP contribution in [0.2, 0.25) is 0 Å². The van der Waals surface area contributed by atoms with Gasteiger partial charge in [0.15, 0.2) is 6.61 Å². The van der Waals surface area contributed by atoms with Gasteiger partial charge in [-0.2, -0.15) is 0 Å². The first kappa shape index (κ1) is 20.3. The van der Waals surface area contributed by atoms with Gasteiger partial charge in [0.2, 0.25) is 0 Å². The molecule has 7 heteroatoms. The van der Waals surface area contributed by atoms with Crippen molar-refractivity contribution in [1.29, 1.82) is 0 Å². The van der Waals surface area contributed by atoms with Crippen molar-refractivity contribution >= 4 is 28.5 Å². The Balaban J connectivity index is 1.42. The number of esters is 1. The van der Waals surface area contributed by atoms with Crippen molar-refractivity contribution < 1.29 is 23.8 Å². The number of carbonyl (C=O) groups excluding carboxylic acids is 2. The molecule has 0 spiro atoms. The summed E-state index contributed by atoms with van der Waals surface area (Å²) in [5.74, 6) is 0.274. The van der Waals surface area contributed by atoms with E-state index < -0.39 is 11.9 Å². The van der Waals surface area contributed by atoms with Crippen molar-refractivity contribution in [3.8, 4) is 11.5 Å². The molecule has 1 heterocycles. The Morgan fingerprint density at radius 1 is 1.03 bits per heavy atom. The number of carbonyl (C=O) groups is 2. The second-order valence-corrected chi connectivity index (χ2v) is 6.52. The molecule has 0 atom stereocenters. The van der Waals surface area contributed by atoms with Crippen molar-refractivity contribution in [2.75, 3.05) is 26.1 Å². The van der Waals surface area contributed by atoms with Gasteiger partial charge in [0, 0.05) is 47.4 Å². The average Bonchev–Trinajstić information content (AvgIpc) is 3.15. The molecule has 3 aromatic rings. The fraction of sp³-hybridized carbons (Fsp3) is 0.273. The molecule has 2 N–H and O–H groups in total. The molecule has 0 aliphatic heterocycles. The van der Waals surface area contributed by atoms with Crippen LogP contribution in [0.1, 0.15) is 18.4 Å². The average molecular weight is 396 g/mol. The summed E-state index contributed by atoms with van der Waals surface area (Å²) in [6.07, 6.45) is 3.62. The number of benzene rings is 2. The summed E-state index contributed by atoms with van der Waals surface area (Å²) in [5, 5.41) is 3.83. The minimum Gasteiger partial charge on any atom is -0.497 e. The SMILES string of the molecule is COc1cc(NC(=O)COC(=O)CCCc2c[nH]c3ccccc23)cc(OC)c1. The molecule has 3 rings (SSSR count). The predicted molar refractivity (Wildman–Crippen MR) is 110 cm³/mol. The molecule has 0 aliphatic rings. The molecule has 29 heavy (non-hydrogen) atoms. The number of hydrogen-bond donors (Lipinski definition) is 2. The van der Waals surface area contributed by atoms with E-state index in [0.29, 0.717) is 23.6 Å². The van der Waals surface area contributed by atoms with Gasteiger partial charge in [0.05, 0.1) is 14.2 Å². The number of ether oxygens (including phenoxy) is 3. The third-order valence-electron chi connectivity index (χ3n) is 4.50. The van der Waals surface area contributed by atoms with E-state index in [-0.39, 0.29) is 13.0 Å². The molecule has 0 bridgehead atoms. The van der Waals surface area contributed by atoms with Gasteiger partial charge in [-0.3, -0.25) is 9.59 Å². The van der Waals surface area contributed by atoms with Crippen LogP contribution in [0.25, 0.3) is 10.9 Å². The molecule has 0 aliphatic carbocycles. The van der Waals surface area contributed by atoms with Crippen LogP contribution in [0.15, 0.2) is 48.7 Å². The number of para-hydroxylation sites is 1. The van der Waals surface area contributed by atoms with Crippen LogP contribution in [0, 0.1) is 0 Å². The van der Waals surface area contributed by atoms with Gasteiger partial charge >= 0.3 is 5.97 Å². The van der Waals surface area contributed by atoms with Crippen molar-refractivity contribution in [3.05, 3.63) is 54.2 Å². The molecule has 0 saturated heterocycles. The number of aromatic nitrogens is 1. The molecule has 152 valence electrons. The summed E-state index contributed by atoms with van der Waals surface area (Å²) < 4.78 is 15.4. The molecule has 1 aromatic heterocycles. The molecule has 0 fully saturated rings. The van der Waals surface area contributed by atoms with Gasteiger partial charge in [-0.15, -0.1) is 0 Å². The number of aromatic amines is 1. The maximum atomic E-state index is 12.0. The number of amides is 1. The van der Waals surface area contributed by atoms with Gasteiger partial charge in [0.1, 0.15) is 11.5 Å². The van der Waals surface area contributed by atoms with Crippen LogP contribution < -0.4 is 14.8 Å². The molecule has 0 unspecified atom stereocenters. The Hall–Kier alpha value is -3.48. The lowest BCUT2D eigenvalue weighted by molar-refractivity contribution is -0.147. The summed E-state index contributed by atoms with van der Waals surface area (Å²) in [6.45, 7) is -0.342. The molecule has 0 saturated carbocycles. The van der Waals surface area contributed by atoms with Crippen LogP contribution in [-0.4, -0.2) is 37.7 Å². The zero-order valence-corrected chi connectivity index (χ0v) is 16.5. The summed E-state index contributed by atoms with van der Waals surface area (Å²) in [6, 6.07) is 13.0. The zero-order chi connectivity index (χ0) is 20.6. The highest BCUT2D eigenvalue weighted by atomic mass is 16.5. The lowest BCUT2D eigenvalue weighted by atomic mass is 10.1. The van der Waals surface area contributed by atoms with Gasteiger partial charge in [-0.25, -0.2) is 0 Å². The monoisotopic (exact) mass is 396 g/mol. The third-order valence-corrected chi connectivity index (χ3v) is 4.50. The predicted octanol–water partition coefficient (Wildman–Crippen LogP) is 3.69. The number of methoxy groups -OCH3 is 2. The van der Waals surface area contributed by atoms with Crippen LogP contribution in [0.3, 0.4) is 0 Å². The highest BCUT2D eigenvalue weighted by molar-refractivity contribution is 5.93. The topological polar surface area (TPSA) is 89.6 Å². The smallest absolute Gasteiger partial charge is 0.306 e. The first-order valence-corrected chi connectivity index (χ1v) is 9.32. The van der Waals surface area contributed by atoms with Crippen molar-refractivity contribution in [2.45, 2.75) is 19.3 Å². The van der Waals surface area contributed by atoms with Crippen LogP contribution in [0.5, 0.6) is 11.5 Å². The number of rotatable bonds is 9. The number of aryl methyl sites for hydroxylation is 1. The van der Waals surface area contributed by atoms with Crippen LogP contribution >= 0.6 is 0 Å². The highest BCUT2D eigenvalue weighted by Gasteiger charge is 2.10. The van der Waals surface area contributed by atoms with Crippen molar-refractivity contribution in [2.24, 2.45) is 0 Å². The van der Waals surface area contributed by atoms with Gasteiger partial charge < -0.3 is 24.5 Å². The lowest BCUT2D eigenvalue weighted by Gasteiger charge is -2.10. The van der Waals surface area contributed by atoms with E-state index in [1.54, 1.807) is 18.2 Å². The maximum absolute atomic E-state index is 12.0. The third kappa shape index (κ3) is 5.51. The van der Waals surface area contributed by atoms with E-state index in [0.717, 1.165) is 22.9 Å². The van der Waals surface area contributed by atoms with Crippen LogP contribution in [0.4, 0.5) is 5.69 Å². The van der Waals surface area contributed by atoms with E-state index in [1.807, 2.05) is 24.4 Å². The molecule has 1 amide bonds. The quantitative estimate of drug-likeness (QED) is 0.539. The summed E-state index contributed by atoms with van der Waals surface area (Å²) in [4.78, 5) is 27.2. The van der Waals surface area contributed by atoms with Crippen LogP contribution in [-0.2, 0) is 20.7 Å². The summed E-state index contributed by atoms with van der Waals surface area (Å²) >= 11 is 0. The first-order valence-electron chi connectivity index (χ1n) is 9.32. The largest absolute Gasteiger partial charge is 0.497 e. The number of H-pyrrole nitrogens is 1. The molecular formula is C22H24N2O5. The van der Waals surface area contributed by atoms with E-state index in [2.05, 4.69) is 16.4 Å². The molecule has 7 nitrogen and oxygen atoms in total. The molecule has 2 aromatic carbocycles. The first-order chi connectivity index (χ1) is 14.1. The molecular weight excluding hydrogens is 372 g/mol. The van der Waals surface area contributed by atoms with Gasteiger partial charge in [0.25, 0.3) is 5.91 Å². The second-order valence-electron chi connectivity index (χ2n) is 6.52. The maximum Gasteiger partial charge on any atom is 0.306 e. The fourth-order valence-electron chi connectivity index (χ4n) is 3.06. The van der Waals surface area contributed by atoms with E-state index in [4.69, 9.17) is 14.2 Å². The van der Waals surface area contributed by atoms with Gasteiger partial charge in [-0.1, -0.05) is 18.2 Å².